The molecule has 1 saturated carbocycles. The minimum Gasteiger partial charge on any atom is -0.478 e. The van der Waals surface area contributed by atoms with Gasteiger partial charge in [0.05, 0.1) is 18.4 Å². The zero-order valence-electron chi connectivity index (χ0n) is 21.5. The smallest absolute Gasteiger partial charge is 0.362 e. The lowest BCUT2D eigenvalue weighted by Crippen LogP contribution is -2.73. The van der Waals surface area contributed by atoms with E-state index in [1.807, 2.05) is 0 Å². The number of β-lactam (4-membered cyclic amide) rings is 1. The number of nitrogens with zero attached hydrogens (tertiary/aromatic N) is 6. The fraction of sp³-hybridized carbons (Fsp3) is 0.571. The van der Waals surface area contributed by atoms with Crippen LogP contribution in [0.1, 0.15) is 37.1 Å². The van der Waals surface area contributed by atoms with Crippen LogP contribution >= 0.6 is 11.3 Å². The van der Waals surface area contributed by atoms with E-state index in [9.17, 15) is 32.5 Å². The molecule has 0 spiro atoms. The van der Waals surface area contributed by atoms with Crippen LogP contribution in [0.5, 0.6) is 0 Å². The van der Waals surface area contributed by atoms with Gasteiger partial charge in [-0.05, 0) is 25.9 Å². The van der Waals surface area contributed by atoms with E-state index in [1.165, 1.54) is 11.6 Å². The standard InChI is InChI=1S/C21H28N10O8S2/c22-20-26-13(10-40-20)15(29-39-21(3-4-21)19(34)35)17(32)27-16-14(31(18(16)33)41(36,37)38)9-30-25-8-12(28-30)7-24-11-1-5-23-6-2-11/h8,10-11,14,16,23-24H,1-7,9H2,(H2,22,26)(H,27,32)(H,34,35)(H,36,37,38)/t14-,16+/m1/s1. The lowest BCUT2D eigenvalue weighted by atomic mass is 9.98. The van der Waals surface area contributed by atoms with Crippen molar-refractivity contribution in [2.24, 2.45) is 5.16 Å². The number of anilines is 1. The zero-order chi connectivity index (χ0) is 29.4. The first-order chi connectivity index (χ1) is 19.5. The van der Waals surface area contributed by atoms with E-state index in [4.69, 9.17) is 10.6 Å². The van der Waals surface area contributed by atoms with Crippen LogP contribution in [-0.4, -0.2) is 103 Å². The molecule has 41 heavy (non-hydrogen) atoms. The van der Waals surface area contributed by atoms with Crippen LogP contribution in [0.15, 0.2) is 16.7 Å². The molecule has 18 nitrogen and oxygen atoms in total. The maximum Gasteiger partial charge on any atom is 0.362 e. The Hall–Kier alpha value is -3.72. The van der Waals surface area contributed by atoms with Crippen molar-refractivity contribution >= 4 is 50.3 Å². The molecule has 4 heterocycles. The molecule has 2 aliphatic heterocycles. The molecule has 0 radical (unpaired) electrons. The fourth-order valence-electron chi connectivity index (χ4n) is 4.49. The van der Waals surface area contributed by atoms with Crippen LogP contribution in [0.3, 0.4) is 0 Å². The highest BCUT2D eigenvalue weighted by molar-refractivity contribution is 7.84. The number of amides is 2. The molecule has 3 fully saturated rings. The molecule has 7 N–H and O–H groups in total. The van der Waals surface area contributed by atoms with E-state index < -0.39 is 51.5 Å². The number of carbonyl (C=O) groups is 3. The van der Waals surface area contributed by atoms with Gasteiger partial charge in [-0.2, -0.15) is 23.4 Å². The summed E-state index contributed by atoms with van der Waals surface area (Å²) in [4.78, 5) is 47.7. The van der Waals surface area contributed by atoms with Crippen LogP contribution in [0.4, 0.5) is 5.13 Å². The molecule has 0 unspecified atom stereocenters. The van der Waals surface area contributed by atoms with Gasteiger partial charge in [-0.15, -0.1) is 11.3 Å². The Bertz CT molecular complexity index is 1460. The highest BCUT2D eigenvalue weighted by atomic mass is 32.2. The largest absolute Gasteiger partial charge is 0.478 e. The fourth-order valence-corrected chi connectivity index (χ4v) is 5.91. The molecular formula is C21H28N10O8S2. The lowest BCUT2D eigenvalue weighted by Gasteiger charge is -2.43. The van der Waals surface area contributed by atoms with Gasteiger partial charge in [-0.1, -0.05) is 5.16 Å². The number of thiazole rings is 1. The van der Waals surface area contributed by atoms with Gasteiger partial charge in [0, 0.05) is 30.8 Å². The SMILES string of the molecule is Nc1nc(C(=NOC2(C(=O)O)CC2)C(=O)N[C@@H]2C(=O)N(S(=O)(=O)O)[C@@H]2Cn2ncc(CNC3CCNCC3)n2)cs1. The Kier molecular flexibility index (Phi) is 7.92. The Labute approximate surface area is 237 Å². The Morgan fingerprint density at radius 1 is 1.32 bits per heavy atom. The molecule has 20 heteroatoms. The summed E-state index contributed by atoms with van der Waals surface area (Å²) in [5.74, 6) is -3.36. The number of piperidine rings is 1. The molecule has 5 rings (SSSR count). The molecule has 2 atom stereocenters. The van der Waals surface area contributed by atoms with Crippen LogP contribution in [0.25, 0.3) is 0 Å². The van der Waals surface area contributed by atoms with Gasteiger partial charge >= 0.3 is 16.3 Å². The van der Waals surface area contributed by atoms with Crippen molar-refractivity contribution in [3.8, 4) is 0 Å². The van der Waals surface area contributed by atoms with Gasteiger partial charge < -0.3 is 31.6 Å². The predicted molar refractivity (Wildman–Crippen MR) is 141 cm³/mol. The zero-order valence-corrected chi connectivity index (χ0v) is 23.1. The van der Waals surface area contributed by atoms with Crippen molar-refractivity contribution < 1.29 is 37.3 Å². The molecule has 222 valence electrons. The Morgan fingerprint density at radius 3 is 2.66 bits per heavy atom. The van der Waals surface area contributed by atoms with Crippen LogP contribution in [0.2, 0.25) is 0 Å². The van der Waals surface area contributed by atoms with Crippen LogP contribution in [-0.2, 0) is 42.6 Å². The number of aliphatic carboxylic acids is 1. The van der Waals surface area contributed by atoms with Crippen molar-refractivity contribution in [1.29, 1.82) is 0 Å². The van der Waals surface area contributed by atoms with Crippen molar-refractivity contribution in [1.82, 2.24) is 40.2 Å². The number of carboxylic acid groups (broad SMARTS) is 1. The summed E-state index contributed by atoms with van der Waals surface area (Å²) in [5, 5.41) is 32.0. The number of hydrogen-bond donors (Lipinski definition) is 6. The number of rotatable bonds is 12. The van der Waals surface area contributed by atoms with Crippen LogP contribution in [0, 0.1) is 0 Å². The minimum absolute atomic E-state index is 0.0409. The summed E-state index contributed by atoms with van der Waals surface area (Å²) in [6.45, 7) is 1.96. The van der Waals surface area contributed by atoms with E-state index in [1.54, 1.807) is 0 Å². The highest BCUT2D eigenvalue weighted by Gasteiger charge is 2.56. The quantitative estimate of drug-likeness (QED) is 0.0637. The normalized spacial score (nSPS) is 22.7. The molecule has 2 amide bonds. The van der Waals surface area contributed by atoms with Gasteiger partial charge in [0.15, 0.2) is 10.8 Å². The van der Waals surface area contributed by atoms with Crippen molar-refractivity contribution in [3.05, 3.63) is 23.0 Å². The predicted octanol–water partition coefficient (Wildman–Crippen LogP) is -2.31. The van der Waals surface area contributed by atoms with Crippen LogP contribution < -0.4 is 21.7 Å². The van der Waals surface area contributed by atoms with E-state index in [-0.39, 0.29) is 34.5 Å². The molecule has 2 aromatic heterocycles. The summed E-state index contributed by atoms with van der Waals surface area (Å²) >= 11 is 0.984. The summed E-state index contributed by atoms with van der Waals surface area (Å²) in [6, 6.07) is -2.39. The first-order valence-electron chi connectivity index (χ1n) is 12.6. The second-order valence-electron chi connectivity index (χ2n) is 9.83. The monoisotopic (exact) mass is 612 g/mol. The second-order valence-corrected chi connectivity index (χ2v) is 12.0. The van der Waals surface area contributed by atoms with Gasteiger partial charge in [0.2, 0.25) is 5.60 Å². The number of nitrogens with one attached hydrogen (secondary N) is 3. The molecule has 2 saturated heterocycles. The van der Waals surface area contributed by atoms with Gasteiger partial charge in [0.25, 0.3) is 11.8 Å². The van der Waals surface area contributed by atoms with E-state index in [0.717, 1.165) is 42.1 Å². The number of oxime groups is 1. The average Bonchev–Trinajstić information content (AvgIpc) is 3.39. The Balaban J connectivity index is 1.30. The molecule has 1 aliphatic carbocycles. The molecule has 0 aromatic carbocycles. The number of carboxylic acids is 1. The van der Waals surface area contributed by atoms with Gasteiger partial charge in [-0.25, -0.2) is 14.1 Å². The number of hydrogen-bond acceptors (Lipinski definition) is 14. The van der Waals surface area contributed by atoms with E-state index in [0.29, 0.717) is 18.3 Å². The lowest BCUT2D eigenvalue weighted by molar-refractivity contribution is -0.153. The third-order valence-corrected chi connectivity index (χ3v) is 8.56. The summed E-state index contributed by atoms with van der Waals surface area (Å²) in [7, 11) is -4.97. The molecule has 0 bridgehead atoms. The summed E-state index contributed by atoms with van der Waals surface area (Å²) in [6.07, 6.45) is 3.77. The first-order valence-corrected chi connectivity index (χ1v) is 14.9. The number of nitrogen functional groups attached to an aromatic ring is 1. The minimum atomic E-state index is -4.97. The van der Waals surface area contributed by atoms with Gasteiger partial charge in [0.1, 0.15) is 17.8 Å². The first kappa shape index (κ1) is 28.8. The van der Waals surface area contributed by atoms with E-state index in [2.05, 4.69) is 36.3 Å². The maximum atomic E-state index is 13.2. The van der Waals surface area contributed by atoms with Gasteiger partial charge in [-0.3, -0.25) is 14.1 Å². The average molecular weight is 613 g/mol. The van der Waals surface area contributed by atoms with Crippen molar-refractivity contribution in [2.45, 2.75) is 62.5 Å². The number of aromatic nitrogens is 4. The number of nitrogens with two attached hydrogens (primary N) is 1. The molecule has 3 aliphatic rings. The second kappa shape index (κ2) is 11.3. The third kappa shape index (κ3) is 6.30. The van der Waals surface area contributed by atoms with Crippen molar-refractivity contribution in [3.63, 3.8) is 0 Å². The molecule has 2 aromatic rings. The highest BCUT2D eigenvalue weighted by Crippen LogP contribution is 2.40. The van der Waals surface area contributed by atoms with E-state index >= 15 is 0 Å². The summed E-state index contributed by atoms with van der Waals surface area (Å²) in [5.41, 5.74) is 4.16. The van der Waals surface area contributed by atoms with Crippen molar-refractivity contribution in [2.75, 3.05) is 18.8 Å². The maximum absolute atomic E-state index is 13.2. The topological polar surface area (TPSA) is 256 Å². The third-order valence-electron chi connectivity index (χ3n) is 6.93. The molecular weight excluding hydrogens is 584 g/mol. The number of carbonyl (C=O) groups excluding carboxylic acids is 2. The Morgan fingerprint density at radius 2 is 2.05 bits per heavy atom. The summed E-state index contributed by atoms with van der Waals surface area (Å²) < 4.78 is 33.8.